The predicted octanol–water partition coefficient (Wildman–Crippen LogP) is 2.27. The van der Waals surface area contributed by atoms with Crippen molar-refractivity contribution in [2.45, 2.75) is 20.3 Å². The summed E-state index contributed by atoms with van der Waals surface area (Å²) < 4.78 is 10.6. The maximum absolute atomic E-state index is 12.5. The molecule has 0 aliphatic rings. The summed E-state index contributed by atoms with van der Waals surface area (Å²) >= 11 is 0. The normalized spacial score (nSPS) is 10.2. The summed E-state index contributed by atoms with van der Waals surface area (Å²) in [7, 11) is 0. The Labute approximate surface area is 162 Å². The molecule has 0 heterocycles. The summed E-state index contributed by atoms with van der Waals surface area (Å²) in [5.74, 6) is -0.794. The first-order valence-corrected chi connectivity index (χ1v) is 8.54. The average Bonchev–Trinajstić information content (AvgIpc) is 2.61. The lowest BCUT2D eigenvalue weighted by atomic mass is 10.0. The van der Waals surface area contributed by atoms with Crippen LogP contribution in [0.15, 0.2) is 36.4 Å². The van der Waals surface area contributed by atoms with Crippen molar-refractivity contribution in [2.24, 2.45) is 5.73 Å². The maximum Gasteiger partial charge on any atom is 0.341 e. The maximum atomic E-state index is 12.5. The minimum absolute atomic E-state index is 0.128. The Kier molecular flexibility index (Phi) is 6.97. The topological polar surface area (TPSA) is 128 Å². The van der Waals surface area contributed by atoms with Gasteiger partial charge in [-0.05, 0) is 61.4 Å². The van der Waals surface area contributed by atoms with Crippen molar-refractivity contribution in [3.63, 3.8) is 0 Å². The Morgan fingerprint density at radius 3 is 2.18 bits per heavy atom. The zero-order valence-corrected chi connectivity index (χ0v) is 15.7. The number of nitrogens with two attached hydrogens (primary N) is 1. The first-order valence-electron chi connectivity index (χ1n) is 8.54. The third kappa shape index (κ3) is 6.01. The first-order chi connectivity index (χ1) is 13.3. The highest BCUT2D eigenvalue weighted by atomic mass is 16.5. The molecule has 0 fully saturated rings. The molecule has 8 nitrogen and oxygen atoms in total. The fourth-order valence-corrected chi connectivity index (χ4v) is 2.55. The van der Waals surface area contributed by atoms with Crippen LogP contribution in [0.3, 0.4) is 0 Å². The Bertz CT molecular complexity index is 854. The van der Waals surface area contributed by atoms with Crippen molar-refractivity contribution >= 4 is 23.5 Å². The Hall–Kier alpha value is -3.55. The van der Waals surface area contributed by atoms with Gasteiger partial charge in [0.15, 0.2) is 6.61 Å². The summed E-state index contributed by atoms with van der Waals surface area (Å²) in [6.07, 6.45) is 0.128. The molecule has 2 aromatic carbocycles. The quantitative estimate of drug-likeness (QED) is 0.606. The van der Waals surface area contributed by atoms with E-state index in [2.05, 4.69) is 5.32 Å². The number of anilines is 1. The van der Waals surface area contributed by atoms with Gasteiger partial charge < -0.3 is 25.6 Å². The number of aryl methyl sites for hydroxylation is 2. The van der Waals surface area contributed by atoms with Crippen molar-refractivity contribution in [3.05, 3.63) is 53.1 Å². The number of nitrogens with one attached hydrogen (secondary N) is 1. The van der Waals surface area contributed by atoms with E-state index >= 15 is 0 Å². The molecule has 0 saturated carbocycles. The van der Waals surface area contributed by atoms with E-state index in [0.29, 0.717) is 33.9 Å². The molecular formula is C20H22N2O6. The highest BCUT2D eigenvalue weighted by molar-refractivity contribution is 6.04. The number of carbonyl (C=O) groups excluding carboxylic acids is 2. The zero-order chi connectivity index (χ0) is 20.7. The number of amides is 2. The fraction of sp³-hybridized carbons (Fsp3) is 0.250. The Morgan fingerprint density at radius 2 is 1.64 bits per heavy atom. The van der Waals surface area contributed by atoms with Gasteiger partial charge in [-0.3, -0.25) is 9.59 Å². The molecule has 0 aromatic heterocycles. The SMILES string of the molecule is Cc1cc(C(=O)Nc2ccc(OCCC(N)=O)cc2)cc(C)c1OCC(=O)O. The predicted molar refractivity (Wildman–Crippen MR) is 103 cm³/mol. The number of primary amides is 1. The van der Waals surface area contributed by atoms with Gasteiger partial charge in [0, 0.05) is 11.3 Å². The standard InChI is InChI=1S/C20H22N2O6/c1-12-9-14(10-13(2)19(12)28-11-18(24)25)20(26)22-15-3-5-16(6-4-15)27-8-7-17(21)23/h3-6,9-10H,7-8,11H2,1-2H3,(H2,21,23)(H,22,26)(H,24,25). The number of carbonyl (C=O) groups is 3. The van der Waals surface area contributed by atoms with Crippen molar-refractivity contribution in [3.8, 4) is 11.5 Å². The number of hydrogen-bond donors (Lipinski definition) is 3. The van der Waals surface area contributed by atoms with Crippen LogP contribution in [0.4, 0.5) is 5.69 Å². The summed E-state index contributed by atoms with van der Waals surface area (Å²) in [5.41, 5.74) is 7.40. The largest absolute Gasteiger partial charge is 0.493 e. The van der Waals surface area contributed by atoms with Crippen LogP contribution in [0, 0.1) is 13.8 Å². The van der Waals surface area contributed by atoms with Gasteiger partial charge in [0.05, 0.1) is 13.0 Å². The molecule has 0 unspecified atom stereocenters. The van der Waals surface area contributed by atoms with E-state index in [4.69, 9.17) is 20.3 Å². The van der Waals surface area contributed by atoms with Crippen LogP contribution in [-0.4, -0.2) is 36.1 Å². The molecule has 2 amide bonds. The molecule has 0 aliphatic carbocycles. The molecule has 148 valence electrons. The second-order valence-electron chi connectivity index (χ2n) is 6.16. The summed E-state index contributed by atoms with van der Waals surface area (Å²) in [6.45, 7) is 3.25. The van der Waals surface area contributed by atoms with Crippen molar-refractivity contribution in [1.29, 1.82) is 0 Å². The van der Waals surface area contributed by atoms with E-state index in [1.165, 1.54) is 0 Å². The van der Waals surface area contributed by atoms with Gasteiger partial charge in [-0.25, -0.2) is 4.79 Å². The second-order valence-corrected chi connectivity index (χ2v) is 6.16. The lowest BCUT2D eigenvalue weighted by Gasteiger charge is -2.13. The highest BCUT2D eigenvalue weighted by Crippen LogP contribution is 2.25. The van der Waals surface area contributed by atoms with Crippen LogP contribution in [0.1, 0.15) is 27.9 Å². The number of rotatable bonds is 9. The molecule has 0 radical (unpaired) electrons. The van der Waals surface area contributed by atoms with Crippen LogP contribution in [0.2, 0.25) is 0 Å². The first kappa shape index (κ1) is 20.8. The molecule has 2 rings (SSSR count). The number of benzene rings is 2. The molecular weight excluding hydrogens is 364 g/mol. The zero-order valence-electron chi connectivity index (χ0n) is 15.7. The smallest absolute Gasteiger partial charge is 0.341 e. The number of aliphatic carboxylic acids is 1. The van der Waals surface area contributed by atoms with E-state index in [0.717, 1.165) is 0 Å². The van der Waals surface area contributed by atoms with E-state index in [-0.39, 0.29) is 18.9 Å². The molecule has 28 heavy (non-hydrogen) atoms. The van der Waals surface area contributed by atoms with Gasteiger partial charge in [0.25, 0.3) is 5.91 Å². The lowest BCUT2D eigenvalue weighted by molar-refractivity contribution is -0.139. The Morgan fingerprint density at radius 1 is 1.04 bits per heavy atom. The number of hydrogen-bond acceptors (Lipinski definition) is 5. The monoisotopic (exact) mass is 386 g/mol. The van der Waals surface area contributed by atoms with E-state index in [1.54, 1.807) is 50.2 Å². The van der Waals surface area contributed by atoms with E-state index in [9.17, 15) is 14.4 Å². The molecule has 0 saturated heterocycles. The third-order valence-electron chi connectivity index (χ3n) is 3.79. The van der Waals surface area contributed by atoms with Crippen LogP contribution >= 0.6 is 0 Å². The average molecular weight is 386 g/mol. The molecule has 8 heteroatoms. The van der Waals surface area contributed by atoms with Crippen LogP contribution < -0.4 is 20.5 Å². The number of ether oxygens (including phenoxy) is 2. The molecule has 2 aromatic rings. The fourth-order valence-electron chi connectivity index (χ4n) is 2.55. The van der Waals surface area contributed by atoms with Gasteiger partial charge in [-0.2, -0.15) is 0 Å². The van der Waals surface area contributed by atoms with E-state index in [1.807, 2.05) is 0 Å². The second kappa shape index (κ2) is 9.40. The van der Waals surface area contributed by atoms with Crippen molar-refractivity contribution in [2.75, 3.05) is 18.5 Å². The van der Waals surface area contributed by atoms with Gasteiger partial charge in [-0.15, -0.1) is 0 Å². The third-order valence-corrected chi connectivity index (χ3v) is 3.79. The summed E-state index contributed by atoms with van der Waals surface area (Å²) in [6, 6.07) is 10.00. The minimum atomic E-state index is -1.07. The minimum Gasteiger partial charge on any atom is -0.493 e. The molecule has 0 atom stereocenters. The van der Waals surface area contributed by atoms with Gasteiger partial charge in [0.2, 0.25) is 5.91 Å². The van der Waals surface area contributed by atoms with Gasteiger partial charge in [0.1, 0.15) is 11.5 Å². The number of carboxylic acid groups (broad SMARTS) is 1. The van der Waals surface area contributed by atoms with Crippen molar-refractivity contribution in [1.82, 2.24) is 0 Å². The van der Waals surface area contributed by atoms with Crippen LogP contribution in [0.25, 0.3) is 0 Å². The van der Waals surface area contributed by atoms with Gasteiger partial charge >= 0.3 is 5.97 Å². The molecule has 4 N–H and O–H groups in total. The molecule has 0 spiro atoms. The summed E-state index contributed by atoms with van der Waals surface area (Å²) in [5, 5.41) is 11.5. The highest BCUT2D eigenvalue weighted by Gasteiger charge is 2.13. The van der Waals surface area contributed by atoms with Gasteiger partial charge in [-0.1, -0.05) is 0 Å². The molecule has 0 aliphatic heterocycles. The van der Waals surface area contributed by atoms with E-state index < -0.39 is 18.5 Å². The van der Waals surface area contributed by atoms with Crippen LogP contribution in [-0.2, 0) is 9.59 Å². The van der Waals surface area contributed by atoms with Crippen molar-refractivity contribution < 1.29 is 29.0 Å². The lowest BCUT2D eigenvalue weighted by Crippen LogP contribution is -2.15. The molecule has 0 bridgehead atoms. The Balaban J connectivity index is 2.02. The number of carboxylic acids is 1. The van der Waals surface area contributed by atoms with Crippen LogP contribution in [0.5, 0.6) is 11.5 Å². The summed E-state index contributed by atoms with van der Waals surface area (Å²) in [4.78, 5) is 33.9.